The third-order valence-electron chi connectivity index (χ3n) is 2.55. The van der Waals surface area contributed by atoms with Crippen molar-refractivity contribution in [1.82, 2.24) is 15.0 Å². The van der Waals surface area contributed by atoms with Gasteiger partial charge in [0.15, 0.2) is 5.16 Å². The van der Waals surface area contributed by atoms with E-state index in [9.17, 15) is 0 Å². The molecule has 88 valence electrons. The summed E-state index contributed by atoms with van der Waals surface area (Å²) in [6.07, 6.45) is 6.37. The second-order valence-corrected chi connectivity index (χ2v) is 4.56. The van der Waals surface area contributed by atoms with Crippen molar-refractivity contribution in [3.63, 3.8) is 0 Å². The highest BCUT2D eigenvalue weighted by Crippen LogP contribution is 2.17. The molecule has 0 radical (unpaired) electrons. The van der Waals surface area contributed by atoms with Crippen LogP contribution < -0.4 is 5.73 Å². The van der Waals surface area contributed by atoms with E-state index in [-0.39, 0.29) is 6.10 Å². The summed E-state index contributed by atoms with van der Waals surface area (Å²) in [5, 5.41) is 0.679. The summed E-state index contributed by atoms with van der Waals surface area (Å²) in [7, 11) is 0. The van der Waals surface area contributed by atoms with Crippen LogP contribution in [0.5, 0.6) is 0 Å². The fourth-order valence-electron chi connectivity index (χ4n) is 1.77. The zero-order chi connectivity index (χ0) is 11.4. The molecule has 1 saturated heterocycles. The van der Waals surface area contributed by atoms with Crippen LogP contribution in [0.2, 0.25) is 0 Å². The first-order chi connectivity index (χ1) is 7.78. The van der Waals surface area contributed by atoms with E-state index >= 15 is 0 Å². The number of anilines is 1. The Hall–Kier alpha value is -0.880. The van der Waals surface area contributed by atoms with Crippen molar-refractivity contribution in [2.75, 3.05) is 18.6 Å². The van der Waals surface area contributed by atoms with Gasteiger partial charge in [0.1, 0.15) is 5.82 Å². The van der Waals surface area contributed by atoms with E-state index in [1.54, 1.807) is 0 Å². The van der Waals surface area contributed by atoms with E-state index in [2.05, 4.69) is 15.0 Å². The van der Waals surface area contributed by atoms with E-state index in [0.717, 1.165) is 31.7 Å². The van der Waals surface area contributed by atoms with E-state index in [1.807, 2.05) is 6.26 Å². The van der Waals surface area contributed by atoms with Gasteiger partial charge in [-0.15, -0.1) is 0 Å². The highest BCUT2D eigenvalue weighted by Gasteiger charge is 2.16. The molecule has 1 unspecified atom stereocenters. The van der Waals surface area contributed by atoms with Gasteiger partial charge in [0.05, 0.1) is 6.10 Å². The zero-order valence-corrected chi connectivity index (χ0v) is 10.2. The standard InChI is InChI=1S/C10H16N4OS/c1-16-10-13-8(12-9(11)14-10)6-7-4-2-3-5-15-7/h7H,2-6H2,1H3,(H2,11,12,13,14). The lowest BCUT2D eigenvalue weighted by Crippen LogP contribution is -2.23. The third kappa shape index (κ3) is 3.05. The summed E-state index contributed by atoms with van der Waals surface area (Å²) in [6.45, 7) is 0.848. The monoisotopic (exact) mass is 240 g/mol. The van der Waals surface area contributed by atoms with Crippen molar-refractivity contribution in [1.29, 1.82) is 0 Å². The predicted molar refractivity (Wildman–Crippen MR) is 63.3 cm³/mol. The minimum absolute atomic E-state index is 0.241. The topological polar surface area (TPSA) is 73.9 Å². The van der Waals surface area contributed by atoms with Crippen LogP contribution in [0.25, 0.3) is 0 Å². The number of hydrogen-bond donors (Lipinski definition) is 1. The summed E-state index contributed by atoms with van der Waals surface area (Å²) in [4.78, 5) is 12.5. The van der Waals surface area contributed by atoms with Crippen molar-refractivity contribution in [3.8, 4) is 0 Å². The second kappa shape index (κ2) is 5.45. The van der Waals surface area contributed by atoms with E-state index in [0.29, 0.717) is 11.1 Å². The van der Waals surface area contributed by atoms with Crippen LogP contribution in [0.3, 0.4) is 0 Å². The van der Waals surface area contributed by atoms with Gasteiger partial charge in [0.25, 0.3) is 0 Å². The number of nitrogens with zero attached hydrogens (tertiary/aromatic N) is 3. The lowest BCUT2D eigenvalue weighted by Gasteiger charge is -2.21. The van der Waals surface area contributed by atoms with E-state index in [4.69, 9.17) is 10.5 Å². The van der Waals surface area contributed by atoms with Crippen molar-refractivity contribution >= 4 is 17.7 Å². The molecule has 0 aliphatic carbocycles. The molecule has 1 atom stereocenters. The fourth-order valence-corrected chi connectivity index (χ4v) is 2.15. The van der Waals surface area contributed by atoms with Gasteiger partial charge in [-0.3, -0.25) is 0 Å². The molecular formula is C10H16N4OS. The van der Waals surface area contributed by atoms with Crippen LogP contribution in [0.15, 0.2) is 5.16 Å². The first-order valence-electron chi connectivity index (χ1n) is 5.44. The molecule has 0 saturated carbocycles. The van der Waals surface area contributed by atoms with Crippen LogP contribution in [-0.2, 0) is 11.2 Å². The van der Waals surface area contributed by atoms with Gasteiger partial charge in [-0.25, -0.2) is 4.98 Å². The number of ether oxygens (including phenoxy) is 1. The Bertz CT molecular complexity index is 355. The number of aromatic nitrogens is 3. The Labute approximate surface area is 99.2 Å². The number of rotatable bonds is 3. The van der Waals surface area contributed by atoms with Crippen molar-refractivity contribution < 1.29 is 4.74 Å². The Balaban J connectivity index is 2.04. The van der Waals surface area contributed by atoms with Gasteiger partial charge < -0.3 is 10.5 Å². The first-order valence-corrected chi connectivity index (χ1v) is 6.66. The molecule has 2 heterocycles. The third-order valence-corrected chi connectivity index (χ3v) is 3.09. The quantitative estimate of drug-likeness (QED) is 0.802. The van der Waals surface area contributed by atoms with Crippen LogP contribution in [0, 0.1) is 0 Å². The average Bonchev–Trinajstić information content (AvgIpc) is 2.29. The number of nitrogens with two attached hydrogens (primary N) is 1. The van der Waals surface area contributed by atoms with Crippen molar-refractivity contribution in [2.45, 2.75) is 36.9 Å². The highest BCUT2D eigenvalue weighted by molar-refractivity contribution is 7.98. The Morgan fingerprint density at radius 2 is 2.25 bits per heavy atom. The molecule has 16 heavy (non-hydrogen) atoms. The summed E-state index contributed by atoms with van der Waals surface area (Å²) in [6, 6.07) is 0. The molecule has 1 aromatic rings. The van der Waals surface area contributed by atoms with Crippen molar-refractivity contribution in [3.05, 3.63) is 5.82 Å². The maximum absolute atomic E-state index is 5.65. The molecule has 0 spiro atoms. The molecule has 0 amide bonds. The SMILES string of the molecule is CSc1nc(N)nc(CC2CCCCO2)n1. The predicted octanol–water partition coefficient (Wildman–Crippen LogP) is 1.29. The van der Waals surface area contributed by atoms with Gasteiger partial charge in [-0.2, -0.15) is 9.97 Å². The summed E-state index contributed by atoms with van der Waals surface area (Å²) < 4.78 is 5.65. The van der Waals surface area contributed by atoms with Crippen LogP contribution >= 0.6 is 11.8 Å². The minimum atomic E-state index is 0.241. The number of nitrogen functional groups attached to an aromatic ring is 1. The molecule has 0 aromatic carbocycles. The smallest absolute Gasteiger partial charge is 0.224 e. The van der Waals surface area contributed by atoms with Gasteiger partial charge in [-0.1, -0.05) is 11.8 Å². The van der Waals surface area contributed by atoms with Gasteiger partial charge in [0, 0.05) is 13.0 Å². The highest BCUT2D eigenvalue weighted by atomic mass is 32.2. The van der Waals surface area contributed by atoms with E-state index in [1.165, 1.54) is 18.2 Å². The Morgan fingerprint density at radius 1 is 1.38 bits per heavy atom. The molecule has 5 nitrogen and oxygen atoms in total. The number of thioether (sulfide) groups is 1. The van der Waals surface area contributed by atoms with Gasteiger partial charge >= 0.3 is 0 Å². The van der Waals surface area contributed by atoms with Crippen LogP contribution in [-0.4, -0.2) is 33.9 Å². The molecule has 1 aromatic heterocycles. The zero-order valence-electron chi connectivity index (χ0n) is 9.35. The molecule has 2 N–H and O–H groups in total. The molecule has 6 heteroatoms. The molecule has 2 rings (SSSR count). The molecule has 1 aliphatic rings. The molecule has 0 bridgehead atoms. The normalized spacial score (nSPS) is 20.9. The molecular weight excluding hydrogens is 224 g/mol. The molecule has 1 aliphatic heterocycles. The Morgan fingerprint density at radius 3 is 2.94 bits per heavy atom. The average molecular weight is 240 g/mol. The Kier molecular flexibility index (Phi) is 3.95. The maximum atomic E-state index is 5.65. The molecule has 1 fully saturated rings. The number of hydrogen-bond acceptors (Lipinski definition) is 6. The van der Waals surface area contributed by atoms with E-state index < -0.39 is 0 Å². The minimum Gasteiger partial charge on any atom is -0.378 e. The van der Waals surface area contributed by atoms with Gasteiger partial charge in [-0.05, 0) is 25.5 Å². The largest absolute Gasteiger partial charge is 0.378 e. The lowest BCUT2D eigenvalue weighted by molar-refractivity contribution is 0.0155. The maximum Gasteiger partial charge on any atom is 0.224 e. The van der Waals surface area contributed by atoms with Crippen molar-refractivity contribution in [2.24, 2.45) is 0 Å². The fraction of sp³-hybridized carbons (Fsp3) is 0.700. The summed E-state index contributed by atoms with van der Waals surface area (Å²) in [5.41, 5.74) is 5.62. The summed E-state index contributed by atoms with van der Waals surface area (Å²) >= 11 is 1.48. The van der Waals surface area contributed by atoms with Crippen LogP contribution in [0.4, 0.5) is 5.95 Å². The second-order valence-electron chi connectivity index (χ2n) is 3.79. The lowest BCUT2D eigenvalue weighted by atomic mass is 10.1. The first kappa shape index (κ1) is 11.6. The van der Waals surface area contributed by atoms with Crippen LogP contribution in [0.1, 0.15) is 25.1 Å². The summed E-state index contributed by atoms with van der Waals surface area (Å²) in [5.74, 6) is 1.04. The van der Waals surface area contributed by atoms with Gasteiger partial charge in [0.2, 0.25) is 5.95 Å².